The molecule has 3 aliphatic rings. The number of hydrogen-bond acceptors (Lipinski definition) is 4. The van der Waals surface area contributed by atoms with Crippen molar-refractivity contribution in [1.29, 1.82) is 0 Å². The lowest BCUT2D eigenvalue weighted by Crippen LogP contribution is -2.56. The molecule has 36 heavy (non-hydrogen) atoms. The van der Waals surface area contributed by atoms with Gasteiger partial charge in [0.05, 0.1) is 17.4 Å². The van der Waals surface area contributed by atoms with Crippen molar-refractivity contribution in [1.82, 2.24) is 19.7 Å². The average Bonchev–Trinajstić information content (AvgIpc) is 3.08. The molecule has 0 atom stereocenters. The van der Waals surface area contributed by atoms with Gasteiger partial charge in [-0.15, -0.1) is 0 Å². The molecule has 0 unspecified atom stereocenters. The zero-order valence-corrected chi connectivity index (χ0v) is 21.9. The number of aryl methyl sites for hydroxylation is 1. The number of amides is 3. The number of aromatic nitrogens is 1. The molecular formula is C29H39N5O2. The van der Waals surface area contributed by atoms with Crippen LogP contribution in [0.15, 0.2) is 48.7 Å². The van der Waals surface area contributed by atoms with E-state index in [1.54, 1.807) is 11.1 Å². The zero-order chi connectivity index (χ0) is 25.3. The van der Waals surface area contributed by atoms with E-state index in [9.17, 15) is 9.59 Å². The maximum atomic E-state index is 13.7. The molecular weight excluding hydrogens is 450 g/mol. The third kappa shape index (κ3) is 4.61. The fourth-order valence-electron chi connectivity index (χ4n) is 6.43. The van der Waals surface area contributed by atoms with E-state index in [4.69, 9.17) is 0 Å². The number of benzene rings is 1. The lowest BCUT2D eigenvalue weighted by Gasteiger charge is -2.51. The minimum atomic E-state index is -0.202. The molecule has 1 saturated heterocycles. The van der Waals surface area contributed by atoms with E-state index < -0.39 is 0 Å². The minimum absolute atomic E-state index is 0.0242. The van der Waals surface area contributed by atoms with Crippen LogP contribution in [0.25, 0.3) is 0 Å². The number of urea groups is 1. The van der Waals surface area contributed by atoms with Crippen molar-refractivity contribution >= 4 is 17.6 Å². The van der Waals surface area contributed by atoms with Crippen LogP contribution in [-0.2, 0) is 10.3 Å². The van der Waals surface area contributed by atoms with Crippen LogP contribution in [0.5, 0.6) is 0 Å². The standard InChI is InChI=1S/C29H39N5O2/c1-22-12-13-25(18-30-22)31-26(35)20-33-21-28(34(27(33)36)19-23-8-7-9-23)14-16-29(17-15-28,32(2)3)24-10-5-4-6-11-24/h4-6,10-13,18,23H,7-9,14-17,19-21H2,1-3H3,(H,31,35)/t28-,29+. The van der Waals surface area contributed by atoms with Crippen molar-refractivity contribution in [3.05, 3.63) is 59.9 Å². The van der Waals surface area contributed by atoms with Gasteiger partial charge in [0.25, 0.3) is 0 Å². The van der Waals surface area contributed by atoms with Gasteiger partial charge >= 0.3 is 6.03 Å². The van der Waals surface area contributed by atoms with Gasteiger partial charge in [-0.1, -0.05) is 36.8 Å². The molecule has 0 bridgehead atoms. The van der Waals surface area contributed by atoms with Gasteiger partial charge in [-0.2, -0.15) is 0 Å². The molecule has 1 aromatic carbocycles. The monoisotopic (exact) mass is 489 g/mol. The fraction of sp³-hybridized carbons (Fsp3) is 0.552. The Morgan fingerprint density at radius 1 is 1.08 bits per heavy atom. The van der Waals surface area contributed by atoms with Gasteiger partial charge in [0, 0.05) is 24.3 Å². The predicted molar refractivity (Wildman–Crippen MR) is 142 cm³/mol. The van der Waals surface area contributed by atoms with Gasteiger partial charge in [0.1, 0.15) is 6.54 Å². The molecule has 5 rings (SSSR count). The first-order chi connectivity index (χ1) is 17.3. The van der Waals surface area contributed by atoms with Gasteiger partial charge in [0.2, 0.25) is 5.91 Å². The Morgan fingerprint density at radius 3 is 2.39 bits per heavy atom. The van der Waals surface area contributed by atoms with E-state index in [-0.39, 0.29) is 29.6 Å². The molecule has 192 valence electrons. The Morgan fingerprint density at radius 2 is 1.81 bits per heavy atom. The normalized spacial score (nSPS) is 26.5. The van der Waals surface area contributed by atoms with Gasteiger partial charge in [0.15, 0.2) is 0 Å². The van der Waals surface area contributed by atoms with E-state index in [2.05, 4.69) is 64.5 Å². The molecule has 1 aliphatic heterocycles. The highest BCUT2D eigenvalue weighted by Crippen LogP contribution is 2.49. The van der Waals surface area contributed by atoms with Crippen LogP contribution >= 0.6 is 0 Å². The van der Waals surface area contributed by atoms with Crippen LogP contribution in [-0.4, -0.2) is 70.9 Å². The predicted octanol–water partition coefficient (Wildman–Crippen LogP) is 4.64. The van der Waals surface area contributed by atoms with E-state index in [1.165, 1.54) is 24.8 Å². The molecule has 2 aromatic rings. The van der Waals surface area contributed by atoms with Gasteiger partial charge < -0.3 is 15.1 Å². The van der Waals surface area contributed by atoms with Crippen molar-refractivity contribution in [3.8, 4) is 0 Å². The minimum Gasteiger partial charge on any atom is -0.323 e. The largest absolute Gasteiger partial charge is 0.323 e. The second-order valence-electron chi connectivity index (χ2n) is 11.3. The maximum absolute atomic E-state index is 13.7. The second-order valence-corrected chi connectivity index (χ2v) is 11.3. The van der Waals surface area contributed by atoms with E-state index >= 15 is 0 Å². The molecule has 7 heteroatoms. The summed E-state index contributed by atoms with van der Waals surface area (Å²) in [5, 5.41) is 2.91. The van der Waals surface area contributed by atoms with Gasteiger partial charge in [-0.3, -0.25) is 14.7 Å². The number of rotatable bonds is 7. The summed E-state index contributed by atoms with van der Waals surface area (Å²) in [7, 11) is 4.35. The van der Waals surface area contributed by atoms with Crippen LogP contribution in [0.3, 0.4) is 0 Å². The SMILES string of the molecule is Cc1ccc(NC(=O)CN2C[C@]3(CC[C@](c4ccccc4)(N(C)C)CC3)N(CC3CCC3)C2=O)cn1. The number of pyridine rings is 1. The van der Waals surface area contributed by atoms with E-state index in [0.29, 0.717) is 18.2 Å². The number of carbonyl (C=O) groups is 2. The first-order valence-corrected chi connectivity index (χ1v) is 13.3. The number of nitrogens with zero attached hydrogens (tertiary/aromatic N) is 4. The summed E-state index contributed by atoms with van der Waals surface area (Å²) in [6.45, 7) is 3.43. The summed E-state index contributed by atoms with van der Waals surface area (Å²) in [6, 6.07) is 14.5. The van der Waals surface area contributed by atoms with Crippen LogP contribution in [0.1, 0.15) is 56.2 Å². The lowest BCUT2D eigenvalue weighted by molar-refractivity contribution is -0.116. The smallest absolute Gasteiger partial charge is 0.321 e. The summed E-state index contributed by atoms with van der Waals surface area (Å²) >= 11 is 0. The fourth-order valence-corrected chi connectivity index (χ4v) is 6.43. The quantitative estimate of drug-likeness (QED) is 0.615. The van der Waals surface area contributed by atoms with Crippen molar-refractivity contribution in [2.45, 2.75) is 62.9 Å². The molecule has 7 nitrogen and oxygen atoms in total. The lowest BCUT2D eigenvalue weighted by atomic mass is 9.68. The maximum Gasteiger partial charge on any atom is 0.321 e. The van der Waals surface area contributed by atoms with Crippen molar-refractivity contribution in [3.63, 3.8) is 0 Å². The molecule has 1 spiro atoms. The van der Waals surface area contributed by atoms with E-state index in [1.807, 2.05) is 19.1 Å². The van der Waals surface area contributed by atoms with Crippen LogP contribution < -0.4 is 5.32 Å². The molecule has 2 heterocycles. The van der Waals surface area contributed by atoms with Crippen molar-refractivity contribution in [2.24, 2.45) is 5.92 Å². The summed E-state index contributed by atoms with van der Waals surface area (Å²) in [5.74, 6) is 0.422. The molecule has 1 N–H and O–H groups in total. The van der Waals surface area contributed by atoms with E-state index in [0.717, 1.165) is 37.9 Å². The highest BCUT2D eigenvalue weighted by Gasteiger charge is 2.55. The summed E-state index contributed by atoms with van der Waals surface area (Å²) in [5.41, 5.74) is 2.68. The highest BCUT2D eigenvalue weighted by molar-refractivity contribution is 5.94. The van der Waals surface area contributed by atoms with Crippen molar-refractivity contribution in [2.75, 3.05) is 39.0 Å². The number of anilines is 1. The topological polar surface area (TPSA) is 68.8 Å². The van der Waals surface area contributed by atoms with Crippen LogP contribution in [0, 0.1) is 12.8 Å². The zero-order valence-electron chi connectivity index (χ0n) is 21.9. The van der Waals surface area contributed by atoms with Gasteiger partial charge in [-0.25, -0.2) is 4.79 Å². The Labute approximate surface area is 214 Å². The Bertz CT molecular complexity index is 1070. The Balaban J connectivity index is 1.33. The first kappa shape index (κ1) is 24.8. The average molecular weight is 490 g/mol. The number of nitrogens with one attached hydrogen (secondary N) is 1. The first-order valence-electron chi connectivity index (χ1n) is 13.3. The molecule has 3 fully saturated rings. The molecule has 0 radical (unpaired) electrons. The van der Waals surface area contributed by atoms with Crippen LogP contribution in [0.4, 0.5) is 10.5 Å². The molecule has 2 saturated carbocycles. The third-order valence-corrected chi connectivity index (χ3v) is 8.93. The highest BCUT2D eigenvalue weighted by atomic mass is 16.2. The van der Waals surface area contributed by atoms with Crippen molar-refractivity contribution < 1.29 is 9.59 Å². The third-order valence-electron chi connectivity index (χ3n) is 8.93. The summed E-state index contributed by atoms with van der Waals surface area (Å²) in [6.07, 6.45) is 9.19. The number of carbonyl (C=O) groups excluding carboxylic acids is 2. The molecule has 1 aromatic heterocycles. The summed E-state index contributed by atoms with van der Waals surface area (Å²) < 4.78 is 0. The Kier molecular flexibility index (Phi) is 6.77. The number of hydrogen-bond donors (Lipinski definition) is 1. The molecule has 2 aliphatic carbocycles. The van der Waals surface area contributed by atoms with Crippen LogP contribution in [0.2, 0.25) is 0 Å². The second kappa shape index (κ2) is 9.85. The van der Waals surface area contributed by atoms with Gasteiger partial charge in [-0.05, 0) is 83.2 Å². The Hall–Kier alpha value is -2.93. The molecule has 3 amide bonds. The summed E-state index contributed by atoms with van der Waals surface area (Å²) in [4.78, 5) is 37.1.